The van der Waals surface area contributed by atoms with E-state index in [0.29, 0.717) is 22.6 Å². The van der Waals surface area contributed by atoms with Gasteiger partial charge in [0.2, 0.25) is 15.9 Å². The summed E-state index contributed by atoms with van der Waals surface area (Å²) in [6.07, 6.45) is -0.00973. The molecule has 0 aliphatic heterocycles. The molecule has 158 valence electrons. The van der Waals surface area contributed by atoms with Gasteiger partial charge in [0.15, 0.2) is 0 Å². The maximum absolute atomic E-state index is 12.4. The Labute approximate surface area is 170 Å². The number of carbonyl (C=O) groups is 2. The molecule has 29 heavy (non-hydrogen) atoms. The van der Waals surface area contributed by atoms with Crippen molar-refractivity contribution >= 4 is 21.9 Å². The molecule has 0 saturated carbocycles. The van der Waals surface area contributed by atoms with Crippen LogP contribution in [0.3, 0.4) is 0 Å². The maximum Gasteiger partial charge on any atom is 0.341 e. The van der Waals surface area contributed by atoms with Crippen LogP contribution in [-0.2, 0) is 26.1 Å². The van der Waals surface area contributed by atoms with E-state index in [9.17, 15) is 18.0 Å². The van der Waals surface area contributed by atoms with Crippen molar-refractivity contribution in [2.24, 2.45) is 0 Å². The summed E-state index contributed by atoms with van der Waals surface area (Å²) in [5, 5.41) is 0. The van der Waals surface area contributed by atoms with Gasteiger partial charge in [-0.15, -0.1) is 0 Å². The van der Waals surface area contributed by atoms with Crippen LogP contribution in [0, 0.1) is 20.8 Å². The smallest absolute Gasteiger partial charge is 0.341 e. The number of rotatable bonds is 8. The molecule has 0 spiro atoms. The Hall–Kier alpha value is -2.65. The molecule has 0 saturated heterocycles. The summed E-state index contributed by atoms with van der Waals surface area (Å²) in [7, 11) is -0.832. The van der Waals surface area contributed by atoms with E-state index in [4.69, 9.17) is 4.42 Å². The first-order valence-electron chi connectivity index (χ1n) is 9.03. The first kappa shape index (κ1) is 22.6. The molecule has 1 aromatic heterocycles. The molecule has 0 aliphatic rings. The second-order valence-electron chi connectivity index (χ2n) is 6.84. The van der Waals surface area contributed by atoms with E-state index in [-0.39, 0.29) is 30.3 Å². The van der Waals surface area contributed by atoms with Gasteiger partial charge in [-0.2, -0.15) is 0 Å². The summed E-state index contributed by atoms with van der Waals surface area (Å²) in [6.45, 7) is 5.39. The van der Waals surface area contributed by atoms with Gasteiger partial charge in [0.25, 0.3) is 0 Å². The number of nitrogens with zero attached hydrogens (tertiary/aromatic N) is 1. The number of esters is 1. The number of ether oxygens (including phenoxy) is 1. The number of aryl methyl sites for hydroxylation is 3. The average Bonchev–Trinajstić information content (AvgIpc) is 3.00. The van der Waals surface area contributed by atoms with Crippen molar-refractivity contribution in [3.8, 4) is 0 Å². The SMILES string of the molecule is COC(=O)c1cc(CN(C)C(=O)CCNS(=O)(=O)c2ccc(C)cc2C)oc1C. The third kappa shape index (κ3) is 5.68. The quantitative estimate of drug-likeness (QED) is 0.655. The lowest BCUT2D eigenvalue weighted by atomic mass is 10.2. The highest BCUT2D eigenvalue weighted by Gasteiger charge is 2.20. The van der Waals surface area contributed by atoms with E-state index in [1.165, 1.54) is 18.1 Å². The highest BCUT2D eigenvalue weighted by molar-refractivity contribution is 7.89. The summed E-state index contributed by atoms with van der Waals surface area (Å²) in [4.78, 5) is 25.6. The number of hydrogen-bond acceptors (Lipinski definition) is 6. The molecule has 0 unspecified atom stereocenters. The predicted molar refractivity (Wildman–Crippen MR) is 107 cm³/mol. The van der Waals surface area contributed by atoms with Crippen LogP contribution in [0.1, 0.15) is 39.4 Å². The number of furan rings is 1. The molecule has 1 heterocycles. The Bertz CT molecular complexity index is 1010. The molecule has 0 fully saturated rings. The number of nitrogens with one attached hydrogen (secondary N) is 1. The summed E-state index contributed by atoms with van der Waals surface area (Å²) in [6, 6.07) is 6.61. The topological polar surface area (TPSA) is 106 Å². The Morgan fingerprint density at radius 2 is 1.86 bits per heavy atom. The molecule has 0 aliphatic carbocycles. The fourth-order valence-electron chi connectivity index (χ4n) is 2.92. The lowest BCUT2D eigenvalue weighted by Crippen LogP contribution is -2.32. The summed E-state index contributed by atoms with van der Waals surface area (Å²) in [5.41, 5.74) is 1.93. The Morgan fingerprint density at radius 3 is 2.48 bits per heavy atom. The normalized spacial score (nSPS) is 11.3. The number of hydrogen-bond donors (Lipinski definition) is 1. The molecule has 0 radical (unpaired) electrons. The third-order valence-electron chi connectivity index (χ3n) is 4.44. The summed E-state index contributed by atoms with van der Waals surface area (Å²) >= 11 is 0. The van der Waals surface area contributed by atoms with Crippen molar-refractivity contribution < 1.29 is 27.2 Å². The van der Waals surface area contributed by atoms with E-state index in [2.05, 4.69) is 9.46 Å². The predicted octanol–water partition coefficient (Wildman–Crippen LogP) is 2.32. The summed E-state index contributed by atoms with van der Waals surface area (Å²) in [5.74, 6) is 0.0813. The molecule has 2 aromatic rings. The monoisotopic (exact) mass is 422 g/mol. The molecule has 1 aromatic carbocycles. The van der Waals surface area contributed by atoms with Gasteiger partial charge in [0.1, 0.15) is 17.1 Å². The van der Waals surface area contributed by atoms with E-state index < -0.39 is 16.0 Å². The number of amides is 1. The first-order valence-corrected chi connectivity index (χ1v) is 10.5. The Balaban J connectivity index is 1.92. The molecule has 8 nitrogen and oxygen atoms in total. The minimum absolute atomic E-state index is 0.00973. The maximum atomic E-state index is 12.4. The van der Waals surface area contributed by atoms with Gasteiger partial charge in [-0.05, 0) is 38.5 Å². The molecule has 2 rings (SSSR count). The zero-order valence-corrected chi connectivity index (χ0v) is 18.1. The molecule has 1 amide bonds. The van der Waals surface area contributed by atoms with Crippen molar-refractivity contribution in [3.05, 3.63) is 52.5 Å². The zero-order chi connectivity index (χ0) is 21.8. The molecular weight excluding hydrogens is 396 g/mol. The van der Waals surface area contributed by atoms with Crippen LogP contribution < -0.4 is 4.72 Å². The zero-order valence-electron chi connectivity index (χ0n) is 17.2. The van der Waals surface area contributed by atoms with Crippen LogP contribution >= 0.6 is 0 Å². The Morgan fingerprint density at radius 1 is 1.17 bits per heavy atom. The van der Waals surface area contributed by atoms with Crippen LogP contribution in [0.15, 0.2) is 33.6 Å². The fourth-order valence-corrected chi connectivity index (χ4v) is 4.17. The second kappa shape index (κ2) is 9.23. The molecule has 1 N–H and O–H groups in total. The number of benzene rings is 1. The minimum atomic E-state index is -3.69. The van der Waals surface area contributed by atoms with Crippen LogP contribution in [0.25, 0.3) is 0 Å². The van der Waals surface area contributed by atoms with Gasteiger partial charge < -0.3 is 14.1 Å². The van der Waals surface area contributed by atoms with Crippen molar-refractivity contribution in [2.45, 2.75) is 38.6 Å². The number of sulfonamides is 1. The number of methoxy groups -OCH3 is 1. The minimum Gasteiger partial charge on any atom is -0.465 e. The highest BCUT2D eigenvalue weighted by Crippen LogP contribution is 2.18. The first-order chi connectivity index (χ1) is 13.5. The van der Waals surface area contributed by atoms with Crippen molar-refractivity contribution in [1.82, 2.24) is 9.62 Å². The lowest BCUT2D eigenvalue weighted by molar-refractivity contribution is -0.130. The summed E-state index contributed by atoms with van der Waals surface area (Å²) < 4.78 is 37.5. The van der Waals surface area contributed by atoms with Gasteiger partial charge in [0, 0.05) is 20.0 Å². The third-order valence-corrected chi connectivity index (χ3v) is 6.07. The van der Waals surface area contributed by atoms with E-state index >= 15 is 0 Å². The average molecular weight is 423 g/mol. The Kier molecular flexibility index (Phi) is 7.21. The van der Waals surface area contributed by atoms with Crippen LogP contribution in [0.5, 0.6) is 0 Å². The highest BCUT2D eigenvalue weighted by atomic mass is 32.2. The molecular formula is C20H26N2O6S. The largest absolute Gasteiger partial charge is 0.465 e. The van der Waals surface area contributed by atoms with Gasteiger partial charge in [-0.3, -0.25) is 4.79 Å². The van der Waals surface area contributed by atoms with Gasteiger partial charge in [0.05, 0.1) is 18.6 Å². The van der Waals surface area contributed by atoms with Crippen molar-refractivity contribution in [1.29, 1.82) is 0 Å². The van der Waals surface area contributed by atoms with Crippen LogP contribution in [-0.4, -0.2) is 45.9 Å². The van der Waals surface area contributed by atoms with Crippen molar-refractivity contribution in [3.63, 3.8) is 0 Å². The van der Waals surface area contributed by atoms with Crippen LogP contribution in [0.4, 0.5) is 0 Å². The van der Waals surface area contributed by atoms with Crippen molar-refractivity contribution in [2.75, 3.05) is 20.7 Å². The van der Waals surface area contributed by atoms with E-state index in [0.717, 1.165) is 5.56 Å². The van der Waals surface area contributed by atoms with E-state index in [1.54, 1.807) is 39.1 Å². The lowest BCUT2D eigenvalue weighted by Gasteiger charge is -2.16. The van der Waals surface area contributed by atoms with E-state index in [1.807, 2.05) is 6.92 Å². The standard InChI is InChI=1S/C20H26N2O6S/c1-13-6-7-18(14(2)10-13)29(25,26)21-9-8-19(23)22(4)12-16-11-17(15(3)28-16)20(24)27-5/h6-7,10-11,21H,8-9,12H2,1-5H3. The number of carbonyl (C=O) groups excluding carboxylic acids is 2. The second-order valence-corrected chi connectivity index (χ2v) is 8.58. The van der Waals surface area contributed by atoms with Gasteiger partial charge in [-0.1, -0.05) is 17.7 Å². The molecule has 0 bridgehead atoms. The van der Waals surface area contributed by atoms with Gasteiger partial charge >= 0.3 is 5.97 Å². The molecule has 9 heteroatoms. The fraction of sp³-hybridized carbons (Fsp3) is 0.400. The molecule has 0 atom stereocenters. The van der Waals surface area contributed by atoms with Crippen LogP contribution in [0.2, 0.25) is 0 Å². The van der Waals surface area contributed by atoms with Gasteiger partial charge in [-0.25, -0.2) is 17.9 Å².